The van der Waals surface area contributed by atoms with Gasteiger partial charge < -0.3 is 33.2 Å². The molecule has 0 fully saturated rings. The average Bonchev–Trinajstić information content (AvgIpc) is 2.31. The van der Waals surface area contributed by atoms with E-state index in [1.54, 1.807) is 0 Å². The lowest BCUT2D eigenvalue weighted by Gasteiger charge is -2.28. The Bertz CT molecular complexity index is 206. The molecule has 0 rings (SSSR count). The van der Waals surface area contributed by atoms with Crippen LogP contribution in [-0.4, -0.2) is 57.3 Å². The summed E-state index contributed by atoms with van der Waals surface area (Å²) >= 11 is 0. The summed E-state index contributed by atoms with van der Waals surface area (Å²) < 4.78 is 0. The van der Waals surface area contributed by atoms with Crippen molar-refractivity contribution in [3.05, 3.63) is 0 Å². The van der Waals surface area contributed by atoms with Crippen LogP contribution in [0.2, 0.25) is 0 Å². The molecular formula is C10H31N9. The Hall–Kier alpha value is -0.360. The molecule has 0 spiro atoms. The molecule has 0 bridgehead atoms. The van der Waals surface area contributed by atoms with Crippen LogP contribution in [0.5, 0.6) is 0 Å². The summed E-state index contributed by atoms with van der Waals surface area (Å²) in [6, 6.07) is -0.552. The van der Waals surface area contributed by atoms with Crippen LogP contribution in [0.15, 0.2) is 0 Å². The summed E-state index contributed by atoms with van der Waals surface area (Å²) in [6.07, 6.45) is 0.142. The summed E-state index contributed by atoms with van der Waals surface area (Å²) in [5, 5.41) is 9.56. The standard InChI is InChI=1S/C10H31N9/c11-1-2-17-3-4-18-5-6-19-9(13)7-8(12)10(14,15)16/h8-9,17-19H,1-7,11-16H2. The Morgan fingerprint density at radius 1 is 0.842 bits per heavy atom. The molecule has 0 aromatic rings. The van der Waals surface area contributed by atoms with Gasteiger partial charge in [-0.1, -0.05) is 0 Å². The lowest BCUT2D eigenvalue weighted by molar-refractivity contribution is 0.316. The Labute approximate surface area is 115 Å². The molecule has 0 amide bonds. The van der Waals surface area contributed by atoms with E-state index in [9.17, 15) is 0 Å². The maximum absolute atomic E-state index is 5.84. The monoisotopic (exact) mass is 277 g/mol. The predicted octanol–water partition coefficient (Wildman–Crippen LogP) is -4.75. The molecule has 0 radical (unpaired) electrons. The van der Waals surface area contributed by atoms with Gasteiger partial charge in [0.2, 0.25) is 0 Å². The highest BCUT2D eigenvalue weighted by atomic mass is 15.2. The average molecular weight is 277 g/mol. The quantitative estimate of drug-likeness (QED) is 0.124. The normalized spacial score (nSPS) is 15.5. The van der Waals surface area contributed by atoms with Crippen molar-refractivity contribution < 1.29 is 0 Å². The Morgan fingerprint density at radius 2 is 1.37 bits per heavy atom. The zero-order valence-corrected chi connectivity index (χ0v) is 11.6. The molecule has 0 saturated carbocycles. The third-order valence-electron chi connectivity index (χ3n) is 2.66. The fourth-order valence-corrected chi connectivity index (χ4v) is 1.44. The second-order valence-electron chi connectivity index (χ2n) is 4.69. The highest BCUT2D eigenvalue weighted by Gasteiger charge is 2.24. The van der Waals surface area contributed by atoms with Gasteiger partial charge in [-0.05, 0) is 6.42 Å². The first-order chi connectivity index (χ1) is 8.88. The van der Waals surface area contributed by atoms with Crippen LogP contribution in [0.25, 0.3) is 0 Å². The second-order valence-corrected chi connectivity index (χ2v) is 4.69. The van der Waals surface area contributed by atoms with Crippen LogP contribution in [0, 0.1) is 0 Å². The van der Waals surface area contributed by atoms with E-state index in [4.69, 9.17) is 34.4 Å². The van der Waals surface area contributed by atoms with Gasteiger partial charge in [-0.3, -0.25) is 17.2 Å². The molecule has 9 nitrogen and oxygen atoms in total. The molecule has 9 heteroatoms. The van der Waals surface area contributed by atoms with E-state index < -0.39 is 11.8 Å². The summed E-state index contributed by atoms with van der Waals surface area (Å²) in [7, 11) is 0. The van der Waals surface area contributed by atoms with Gasteiger partial charge >= 0.3 is 0 Å². The first-order valence-electron chi connectivity index (χ1n) is 6.60. The van der Waals surface area contributed by atoms with Crippen LogP contribution < -0.4 is 50.4 Å². The predicted molar refractivity (Wildman–Crippen MR) is 78.7 cm³/mol. The molecule has 2 unspecified atom stereocenters. The highest BCUT2D eigenvalue weighted by Crippen LogP contribution is 1.96. The van der Waals surface area contributed by atoms with E-state index in [1.807, 2.05) is 0 Å². The fourth-order valence-electron chi connectivity index (χ4n) is 1.44. The van der Waals surface area contributed by atoms with Gasteiger partial charge in [-0.25, -0.2) is 0 Å². The van der Waals surface area contributed by atoms with Crippen molar-refractivity contribution in [2.75, 3.05) is 39.3 Å². The van der Waals surface area contributed by atoms with Gasteiger partial charge in [0.1, 0.15) is 5.79 Å². The first-order valence-corrected chi connectivity index (χ1v) is 6.60. The summed E-state index contributed by atoms with van der Waals surface area (Å²) in [6.45, 7) is 4.81. The minimum absolute atomic E-state index is 0.276. The molecule has 2 atom stereocenters. The molecule has 0 aliphatic rings. The highest BCUT2D eigenvalue weighted by molar-refractivity contribution is 4.85. The molecule has 15 N–H and O–H groups in total. The molecule has 0 aromatic carbocycles. The summed E-state index contributed by atoms with van der Waals surface area (Å²) in [5.41, 5.74) is 33.4. The van der Waals surface area contributed by atoms with E-state index in [-0.39, 0.29) is 6.17 Å². The molecule has 19 heavy (non-hydrogen) atoms. The number of rotatable bonds is 12. The minimum atomic E-state index is -1.40. The van der Waals surface area contributed by atoms with Crippen molar-refractivity contribution in [2.45, 2.75) is 24.4 Å². The van der Waals surface area contributed by atoms with Gasteiger partial charge in [0, 0.05) is 39.3 Å². The lowest BCUT2D eigenvalue weighted by Crippen LogP contribution is -2.70. The van der Waals surface area contributed by atoms with E-state index in [0.29, 0.717) is 13.0 Å². The smallest absolute Gasteiger partial charge is 0.131 e. The van der Waals surface area contributed by atoms with Crippen molar-refractivity contribution in [1.82, 2.24) is 16.0 Å². The summed E-state index contributed by atoms with van der Waals surface area (Å²) in [4.78, 5) is 0. The topological polar surface area (TPSA) is 192 Å². The van der Waals surface area contributed by atoms with Gasteiger partial charge in [0.25, 0.3) is 0 Å². The maximum atomic E-state index is 5.84. The van der Waals surface area contributed by atoms with E-state index in [1.165, 1.54) is 0 Å². The third kappa shape index (κ3) is 11.2. The molecule has 0 aliphatic heterocycles. The molecule has 0 aliphatic carbocycles. The fraction of sp³-hybridized carbons (Fsp3) is 1.00. The Morgan fingerprint density at radius 3 is 1.89 bits per heavy atom. The minimum Gasteiger partial charge on any atom is -0.329 e. The molecule has 0 saturated heterocycles. The zero-order chi connectivity index (χ0) is 14.7. The van der Waals surface area contributed by atoms with Crippen LogP contribution in [0.4, 0.5) is 0 Å². The number of nitrogens with two attached hydrogens (primary N) is 6. The lowest BCUT2D eigenvalue weighted by atomic mass is 10.1. The van der Waals surface area contributed by atoms with Crippen molar-refractivity contribution >= 4 is 0 Å². The Kier molecular flexibility index (Phi) is 10.2. The maximum Gasteiger partial charge on any atom is 0.131 e. The van der Waals surface area contributed by atoms with Crippen LogP contribution in [0.3, 0.4) is 0 Å². The second kappa shape index (κ2) is 10.4. The van der Waals surface area contributed by atoms with Gasteiger partial charge in [0.15, 0.2) is 0 Å². The SMILES string of the molecule is NCCNCCNCCNC(N)CC(N)C(N)(N)N. The molecular weight excluding hydrogens is 246 g/mol. The van der Waals surface area contributed by atoms with Crippen LogP contribution >= 0.6 is 0 Å². The van der Waals surface area contributed by atoms with Crippen molar-refractivity contribution in [3.8, 4) is 0 Å². The van der Waals surface area contributed by atoms with Crippen LogP contribution in [-0.2, 0) is 0 Å². The van der Waals surface area contributed by atoms with Crippen molar-refractivity contribution in [2.24, 2.45) is 34.4 Å². The third-order valence-corrected chi connectivity index (χ3v) is 2.66. The summed E-state index contributed by atoms with van der Waals surface area (Å²) in [5.74, 6) is -1.40. The number of hydrogen-bond acceptors (Lipinski definition) is 9. The van der Waals surface area contributed by atoms with Crippen molar-refractivity contribution in [3.63, 3.8) is 0 Å². The Balaban J connectivity index is 3.41. The van der Waals surface area contributed by atoms with Gasteiger partial charge in [-0.15, -0.1) is 0 Å². The first kappa shape index (κ1) is 18.6. The van der Waals surface area contributed by atoms with Crippen LogP contribution in [0.1, 0.15) is 6.42 Å². The van der Waals surface area contributed by atoms with E-state index in [0.717, 1.165) is 32.7 Å². The number of nitrogens with one attached hydrogen (secondary N) is 3. The van der Waals surface area contributed by atoms with Gasteiger partial charge in [0.05, 0.1) is 12.2 Å². The van der Waals surface area contributed by atoms with Gasteiger partial charge in [-0.2, -0.15) is 0 Å². The largest absolute Gasteiger partial charge is 0.329 e. The van der Waals surface area contributed by atoms with E-state index in [2.05, 4.69) is 16.0 Å². The van der Waals surface area contributed by atoms with E-state index >= 15 is 0 Å². The van der Waals surface area contributed by atoms with Crippen molar-refractivity contribution in [1.29, 1.82) is 0 Å². The molecule has 0 aromatic heterocycles. The number of hydrogen-bond donors (Lipinski definition) is 9. The molecule has 116 valence electrons. The zero-order valence-electron chi connectivity index (χ0n) is 11.6. The molecule has 0 heterocycles.